The van der Waals surface area contributed by atoms with Crippen LogP contribution in [0.4, 0.5) is 5.69 Å². The number of halogens is 1. The van der Waals surface area contributed by atoms with E-state index in [1.54, 1.807) is 18.2 Å². The number of anilines is 1. The van der Waals surface area contributed by atoms with E-state index in [2.05, 4.69) is 19.9 Å². The summed E-state index contributed by atoms with van der Waals surface area (Å²) < 4.78 is 0. The Morgan fingerprint density at radius 2 is 1.95 bits per heavy atom. The molecular formula is C11H8ClN5O2. The Labute approximate surface area is 110 Å². The lowest BCUT2D eigenvalue weighted by molar-refractivity contribution is 1.07. The topological polar surface area (TPSA) is 120 Å². The highest BCUT2D eigenvalue weighted by Crippen LogP contribution is 2.28. The second-order valence-electron chi connectivity index (χ2n) is 3.96. The van der Waals surface area contributed by atoms with E-state index in [9.17, 15) is 9.59 Å². The molecule has 0 spiro atoms. The highest BCUT2D eigenvalue weighted by atomic mass is 35.5. The summed E-state index contributed by atoms with van der Waals surface area (Å²) in [5.74, 6) is 0.361. The lowest BCUT2D eigenvalue weighted by Crippen LogP contribution is -2.21. The van der Waals surface area contributed by atoms with Crippen molar-refractivity contribution in [2.24, 2.45) is 0 Å². The Balaban J connectivity index is 2.32. The Bertz CT molecular complexity index is 892. The zero-order chi connectivity index (χ0) is 13.6. The summed E-state index contributed by atoms with van der Waals surface area (Å²) in [5.41, 5.74) is 5.94. The fourth-order valence-corrected chi connectivity index (χ4v) is 1.99. The fraction of sp³-hybridized carbons (Fsp3) is 0. The summed E-state index contributed by atoms with van der Waals surface area (Å²) in [5, 5.41) is 0.437. The third-order valence-electron chi connectivity index (χ3n) is 2.64. The summed E-state index contributed by atoms with van der Waals surface area (Å²) in [6.07, 6.45) is 0. The van der Waals surface area contributed by atoms with Crippen LogP contribution in [0.5, 0.6) is 0 Å². The van der Waals surface area contributed by atoms with Crippen LogP contribution in [0.3, 0.4) is 0 Å². The van der Waals surface area contributed by atoms with E-state index in [1.807, 2.05) is 0 Å². The van der Waals surface area contributed by atoms with E-state index in [0.29, 0.717) is 22.1 Å². The van der Waals surface area contributed by atoms with E-state index in [4.69, 9.17) is 17.3 Å². The van der Waals surface area contributed by atoms with Gasteiger partial charge in [-0.1, -0.05) is 11.6 Å². The Hall–Kier alpha value is -2.54. The van der Waals surface area contributed by atoms with Gasteiger partial charge in [0.25, 0.3) is 5.56 Å². The maximum absolute atomic E-state index is 11.6. The Kier molecular flexibility index (Phi) is 2.42. The van der Waals surface area contributed by atoms with Crippen molar-refractivity contribution in [2.75, 3.05) is 5.73 Å². The number of aromatic nitrogens is 4. The maximum atomic E-state index is 11.6. The first-order chi connectivity index (χ1) is 9.04. The van der Waals surface area contributed by atoms with Gasteiger partial charge < -0.3 is 10.7 Å². The van der Waals surface area contributed by atoms with E-state index >= 15 is 0 Å². The molecule has 8 heteroatoms. The van der Waals surface area contributed by atoms with E-state index in [-0.39, 0.29) is 11.2 Å². The minimum Gasteiger partial charge on any atom is -0.399 e. The minimum absolute atomic E-state index is 0.169. The Morgan fingerprint density at radius 1 is 1.16 bits per heavy atom. The molecule has 0 radical (unpaired) electrons. The molecule has 0 atom stereocenters. The molecule has 0 aliphatic rings. The summed E-state index contributed by atoms with van der Waals surface area (Å²) in [6, 6.07) is 4.92. The normalized spacial score (nSPS) is 11.0. The number of nitrogen functional groups attached to an aromatic ring is 1. The van der Waals surface area contributed by atoms with Crippen molar-refractivity contribution < 1.29 is 0 Å². The van der Waals surface area contributed by atoms with Gasteiger partial charge in [-0.05, 0) is 18.2 Å². The predicted octanol–water partition coefficient (Wildman–Crippen LogP) is 0.842. The Morgan fingerprint density at radius 3 is 2.74 bits per heavy atom. The number of aromatic amines is 3. The molecule has 0 saturated carbocycles. The first-order valence-electron chi connectivity index (χ1n) is 5.32. The van der Waals surface area contributed by atoms with Crippen LogP contribution in [0.1, 0.15) is 0 Å². The van der Waals surface area contributed by atoms with Crippen LogP contribution < -0.4 is 17.0 Å². The molecule has 2 aromatic heterocycles. The van der Waals surface area contributed by atoms with Gasteiger partial charge in [0.1, 0.15) is 11.3 Å². The highest BCUT2D eigenvalue weighted by molar-refractivity contribution is 6.33. The molecule has 0 unspecified atom stereocenters. The van der Waals surface area contributed by atoms with Crippen molar-refractivity contribution in [3.8, 4) is 11.4 Å². The van der Waals surface area contributed by atoms with Crippen LogP contribution in [-0.4, -0.2) is 19.9 Å². The second kappa shape index (κ2) is 3.99. The van der Waals surface area contributed by atoms with Crippen LogP contribution in [-0.2, 0) is 0 Å². The molecule has 0 saturated heterocycles. The molecular weight excluding hydrogens is 270 g/mol. The SMILES string of the molecule is Nc1ccc(Cl)c(-c2nc3[nH]c(=O)[nH]c(=O)c3[nH]2)c1. The van der Waals surface area contributed by atoms with Crippen LogP contribution in [0, 0.1) is 0 Å². The molecule has 3 rings (SSSR count). The van der Waals surface area contributed by atoms with Gasteiger partial charge >= 0.3 is 5.69 Å². The molecule has 96 valence electrons. The minimum atomic E-state index is -0.616. The molecule has 1 aromatic carbocycles. The van der Waals surface area contributed by atoms with Gasteiger partial charge in [0.15, 0.2) is 5.65 Å². The summed E-state index contributed by atoms with van der Waals surface area (Å²) in [7, 11) is 0. The lowest BCUT2D eigenvalue weighted by Gasteiger charge is -2.01. The first-order valence-corrected chi connectivity index (χ1v) is 5.70. The third kappa shape index (κ3) is 1.89. The summed E-state index contributed by atoms with van der Waals surface area (Å²) >= 11 is 6.06. The fourth-order valence-electron chi connectivity index (χ4n) is 1.78. The van der Waals surface area contributed by atoms with Gasteiger partial charge in [0.05, 0.1) is 5.02 Å². The zero-order valence-corrected chi connectivity index (χ0v) is 10.2. The quantitative estimate of drug-likeness (QED) is 0.493. The number of H-pyrrole nitrogens is 3. The second-order valence-corrected chi connectivity index (χ2v) is 4.36. The van der Waals surface area contributed by atoms with Gasteiger partial charge in [-0.15, -0.1) is 0 Å². The zero-order valence-electron chi connectivity index (χ0n) is 9.45. The molecule has 19 heavy (non-hydrogen) atoms. The van der Waals surface area contributed by atoms with Gasteiger partial charge in [0, 0.05) is 11.3 Å². The molecule has 0 aliphatic carbocycles. The van der Waals surface area contributed by atoms with Gasteiger partial charge in [-0.3, -0.25) is 14.8 Å². The monoisotopic (exact) mass is 277 g/mol. The number of imidazole rings is 1. The van der Waals surface area contributed by atoms with Crippen LogP contribution in [0.25, 0.3) is 22.6 Å². The number of nitrogens with two attached hydrogens (primary N) is 1. The third-order valence-corrected chi connectivity index (χ3v) is 2.96. The van der Waals surface area contributed by atoms with E-state index in [0.717, 1.165) is 0 Å². The smallest absolute Gasteiger partial charge is 0.327 e. The molecule has 0 fully saturated rings. The number of nitrogens with one attached hydrogen (secondary N) is 3. The van der Waals surface area contributed by atoms with Crippen molar-refractivity contribution in [1.82, 2.24) is 19.9 Å². The van der Waals surface area contributed by atoms with Gasteiger partial charge in [0.2, 0.25) is 0 Å². The van der Waals surface area contributed by atoms with Crippen molar-refractivity contribution in [1.29, 1.82) is 0 Å². The molecule has 2 heterocycles. The highest BCUT2D eigenvalue weighted by Gasteiger charge is 2.12. The average Bonchev–Trinajstić information content (AvgIpc) is 2.76. The average molecular weight is 278 g/mol. The largest absolute Gasteiger partial charge is 0.399 e. The first kappa shape index (κ1) is 11.5. The number of fused-ring (bicyclic) bond motifs is 1. The van der Waals surface area contributed by atoms with Gasteiger partial charge in [-0.25, -0.2) is 9.78 Å². The van der Waals surface area contributed by atoms with Crippen LogP contribution in [0.2, 0.25) is 5.02 Å². The van der Waals surface area contributed by atoms with E-state index in [1.165, 1.54) is 0 Å². The molecule has 0 aliphatic heterocycles. The van der Waals surface area contributed by atoms with Crippen molar-refractivity contribution in [3.63, 3.8) is 0 Å². The summed E-state index contributed by atoms with van der Waals surface area (Å²) in [4.78, 5) is 34.2. The molecule has 7 nitrogen and oxygen atoms in total. The molecule has 5 N–H and O–H groups in total. The number of benzene rings is 1. The molecule has 0 bridgehead atoms. The van der Waals surface area contributed by atoms with Gasteiger partial charge in [-0.2, -0.15) is 0 Å². The van der Waals surface area contributed by atoms with E-state index < -0.39 is 11.2 Å². The number of rotatable bonds is 1. The predicted molar refractivity (Wildman–Crippen MR) is 72.2 cm³/mol. The molecule has 0 amide bonds. The maximum Gasteiger partial charge on any atom is 0.327 e. The number of hydrogen-bond acceptors (Lipinski definition) is 4. The van der Waals surface area contributed by atoms with Crippen molar-refractivity contribution >= 4 is 28.5 Å². The van der Waals surface area contributed by atoms with Crippen LogP contribution in [0.15, 0.2) is 27.8 Å². The lowest BCUT2D eigenvalue weighted by atomic mass is 10.2. The molecule has 3 aromatic rings. The van der Waals surface area contributed by atoms with Crippen LogP contribution >= 0.6 is 11.6 Å². The number of nitrogens with zero attached hydrogens (tertiary/aromatic N) is 1. The standard InChI is InChI=1S/C11H8ClN5O2/c12-6-2-1-4(13)3-5(6)8-14-7-9(15-8)16-11(19)17-10(7)18/h1-3H,13H2,(H3,14,15,16,17,18,19). The van der Waals surface area contributed by atoms with Crippen molar-refractivity contribution in [3.05, 3.63) is 44.1 Å². The van der Waals surface area contributed by atoms with Crippen molar-refractivity contribution in [2.45, 2.75) is 0 Å². The number of hydrogen-bond donors (Lipinski definition) is 4. The summed E-state index contributed by atoms with van der Waals surface area (Å²) in [6.45, 7) is 0.